The molecule has 4 saturated carbocycles. The van der Waals surface area contributed by atoms with E-state index >= 15 is 0 Å². The molecule has 5 fully saturated rings. The second-order valence-corrected chi connectivity index (χ2v) is 10.7. The fraction of sp³-hybridized carbons (Fsp3) is 0.667. The van der Waals surface area contributed by atoms with Crippen LogP contribution in [0.1, 0.15) is 32.1 Å². The van der Waals surface area contributed by atoms with Gasteiger partial charge in [0.15, 0.2) is 5.11 Å². The molecule has 0 radical (unpaired) electrons. The molecule has 146 valence electrons. The van der Waals surface area contributed by atoms with Crippen LogP contribution in [0.2, 0.25) is 5.02 Å². The minimum Gasteiger partial charge on any atom is -0.346 e. The van der Waals surface area contributed by atoms with E-state index in [4.69, 9.17) is 23.8 Å². The molecule has 6 heteroatoms. The number of nitrogens with one attached hydrogen (secondary N) is 1. The molecule has 3 nitrogen and oxygen atoms in total. The molecule has 1 aliphatic heterocycles. The number of thiocarbonyl (C=S) groups is 1. The highest BCUT2D eigenvalue weighted by Crippen LogP contribution is 2.55. The van der Waals surface area contributed by atoms with Gasteiger partial charge in [0.1, 0.15) is 0 Å². The summed E-state index contributed by atoms with van der Waals surface area (Å²) in [5.41, 5.74) is 0.883. The standard InChI is InChI=1S/C21H27BrClN3S/c22-17-1-2-19(18(23)12-17)24-21(27)26-5-3-25(4-6-26)20-15-8-13-7-14(10-15)11-16(20)9-13/h1-2,12-16,20H,3-11H2,(H,24,27). The maximum Gasteiger partial charge on any atom is 0.173 e. The molecular formula is C21H27BrClN3S. The van der Waals surface area contributed by atoms with E-state index in [1.807, 2.05) is 18.2 Å². The van der Waals surface area contributed by atoms with Crippen LogP contribution in [0.3, 0.4) is 0 Å². The van der Waals surface area contributed by atoms with E-state index in [0.717, 1.165) is 71.2 Å². The van der Waals surface area contributed by atoms with Gasteiger partial charge in [-0.05, 0) is 86.2 Å². The lowest BCUT2D eigenvalue weighted by molar-refractivity contribution is -0.0726. The summed E-state index contributed by atoms with van der Waals surface area (Å²) in [4.78, 5) is 5.11. The zero-order valence-electron chi connectivity index (χ0n) is 15.5. The molecule has 0 atom stereocenters. The highest BCUT2D eigenvalue weighted by molar-refractivity contribution is 9.10. The molecule has 4 aliphatic carbocycles. The summed E-state index contributed by atoms with van der Waals surface area (Å²) in [5.74, 6) is 4.05. The van der Waals surface area contributed by atoms with Gasteiger partial charge in [-0.1, -0.05) is 27.5 Å². The number of halogens is 2. The van der Waals surface area contributed by atoms with Crippen molar-refractivity contribution in [3.8, 4) is 0 Å². The van der Waals surface area contributed by atoms with Crippen LogP contribution in [0.4, 0.5) is 5.69 Å². The van der Waals surface area contributed by atoms with Crippen LogP contribution in [0.15, 0.2) is 22.7 Å². The van der Waals surface area contributed by atoms with Crippen LogP contribution in [0, 0.1) is 23.7 Å². The Morgan fingerprint density at radius 3 is 2.22 bits per heavy atom. The van der Waals surface area contributed by atoms with Crippen molar-refractivity contribution in [3.05, 3.63) is 27.7 Å². The number of anilines is 1. The third-order valence-electron chi connectivity index (χ3n) is 7.37. The Morgan fingerprint density at radius 2 is 1.63 bits per heavy atom. The maximum absolute atomic E-state index is 6.33. The molecule has 0 unspecified atom stereocenters. The summed E-state index contributed by atoms with van der Waals surface area (Å²) < 4.78 is 0.980. The summed E-state index contributed by atoms with van der Waals surface area (Å²) in [7, 11) is 0. The topological polar surface area (TPSA) is 18.5 Å². The number of piperazine rings is 1. The molecule has 6 rings (SSSR count). The van der Waals surface area contributed by atoms with Crippen molar-refractivity contribution in [1.82, 2.24) is 9.80 Å². The average molecular weight is 469 g/mol. The zero-order valence-corrected chi connectivity index (χ0v) is 18.7. The van der Waals surface area contributed by atoms with Crippen LogP contribution in [-0.4, -0.2) is 47.1 Å². The van der Waals surface area contributed by atoms with Crippen LogP contribution in [0.25, 0.3) is 0 Å². The first kappa shape index (κ1) is 18.7. The third-order valence-corrected chi connectivity index (χ3v) is 8.54. The van der Waals surface area contributed by atoms with Gasteiger partial charge in [0.25, 0.3) is 0 Å². The summed E-state index contributed by atoms with van der Waals surface area (Å²) >= 11 is 15.4. The van der Waals surface area contributed by atoms with Gasteiger partial charge in [-0.25, -0.2) is 0 Å². The highest BCUT2D eigenvalue weighted by Gasteiger charge is 2.50. The predicted molar refractivity (Wildman–Crippen MR) is 119 cm³/mol. The number of hydrogen-bond donors (Lipinski definition) is 1. The second-order valence-electron chi connectivity index (χ2n) is 9.00. The smallest absolute Gasteiger partial charge is 0.173 e. The highest BCUT2D eigenvalue weighted by atomic mass is 79.9. The second kappa shape index (κ2) is 7.47. The molecule has 0 spiro atoms. The van der Waals surface area contributed by atoms with E-state index in [0.29, 0.717) is 5.02 Å². The molecule has 1 heterocycles. The molecule has 5 aliphatic rings. The van der Waals surface area contributed by atoms with Crippen LogP contribution in [-0.2, 0) is 0 Å². The van der Waals surface area contributed by atoms with E-state index in [9.17, 15) is 0 Å². The fourth-order valence-electron chi connectivity index (χ4n) is 6.50. The minimum absolute atomic E-state index is 0.693. The zero-order chi connectivity index (χ0) is 18.5. The van der Waals surface area contributed by atoms with Gasteiger partial charge in [-0.15, -0.1) is 0 Å². The number of benzene rings is 1. The third kappa shape index (κ3) is 3.65. The lowest BCUT2D eigenvalue weighted by Crippen LogP contribution is -2.60. The monoisotopic (exact) mass is 467 g/mol. The number of hydrogen-bond acceptors (Lipinski definition) is 2. The van der Waals surface area contributed by atoms with Gasteiger partial charge in [0.05, 0.1) is 10.7 Å². The van der Waals surface area contributed by atoms with E-state index in [1.54, 1.807) is 0 Å². The fourth-order valence-corrected chi connectivity index (χ4v) is 7.51. The van der Waals surface area contributed by atoms with Gasteiger partial charge >= 0.3 is 0 Å². The molecule has 1 saturated heterocycles. The summed E-state index contributed by atoms with van der Waals surface area (Å²) in [5, 5.41) is 4.83. The summed E-state index contributed by atoms with van der Waals surface area (Å²) in [6.45, 7) is 4.32. The van der Waals surface area contributed by atoms with Gasteiger partial charge in [-0.3, -0.25) is 4.90 Å². The first-order chi connectivity index (χ1) is 13.1. The van der Waals surface area contributed by atoms with Gasteiger partial charge < -0.3 is 10.2 Å². The van der Waals surface area contributed by atoms with Crippen LogP contribution < -0.4 is 5.32 Å². The molecule has 0 amide bonds. The normalized spacial score (nSPS) is 35.5. The summed E-state index contributed by atoms with van der Waals surface area (Å²) in [6, 6.07) is 6.71. The van der Waals surface area contributed by atoms with Gasteiger partial charge in [-0.2, -0.15) is 0 Å². The lowest BCUT2D eigenvalue weighted by atomic mass is 9.54. The maximum atomic E-state index is 6.33. The molecule has 0 aromatic heterocycles. The van der Waals surface area contributed by atoms with E-state index in [-0.39, 0.29) is 0 Å². The van der Waals surface area contributed by atoms with Crippen LogP contribution in [0.5, 0.6) is 0 Å². The van der Waals surface area contributed by atoms with Crippen molar-refractivity contribution >= 4 is 50.5 Å². The van der Waals surface area contributed by atoms with Crippen molar-refractivity contribution in [2.24, 2.45) is 23.7 Å². The van der Waals surface area contributed by atoms with Crippen molar-refractivity contribution < 1.29 is 0 Å². The molecule has 4 bridgehead atoms. The summed E-state index contributed by atoms with van der Waals surface area (Å²) in [6.07, 6.45) is 7.53. The van der Waals surface area contributed by atoms with E-state index < -0.39 is 0 Å². The Kier molecular flexibility index (Phi) is 5.16. The lowest BCUT2D eigenvalue weighted by Gasteiger charge is -2.58. The average Bonchev–Trinajstić information content (AvgIpc) is 2.63. The van der Waals surface area contributed by atoms with E-state index in [2.05, 4.69) is 31.0 Å². The Hall–Kier alpha value is -0.360. The largest absolute Gasteiger partial charge is 0.346 e. The molecule has 27 heavy (non-hydrogen) atoms. The SMILES string of the molecule is S=C(Nc1ccc(Br)cc1Cl)N1CCN(C2C3CC4CC(C3)CC2C4)CC1. The molecular weight excluding hydrogens is 442 g/mol. The Morgan fingerprint density at radius 1 is 1.00 bits per heavy atom. The van der Waals surface area contributed by atoms with Gasteiger partial charge in [0, 0.05) is 36.7 Å². The van der Waals surface area contributed by atoms with Crippen LogP contribution >= 0.6 is 39.7 Å². The predicted octanol–water partition coefficient (Wildman–Crippen LogP) is 5.24. The molecule has 1 N–H and O–H groups in total. The molecule has 1 aromatic rings. The Balaban J connectivity index is 1.19. The minimum atomic E-state index is 0.693. The van der Waals surface area contributed by atoms with Crippen molar-refractivity contribution in [2.75, 3.05) is 31.5 Å². The number of nitrogens with zero attached hydrogens (tertiary/aromatic N) is 2. The van der Waals surface area contributed by atoms with Gasteiger partial charge in [0.2, 0.25) is 0 Å². The number of rotatable bonds is 2. The van der Waals surface area contributed by atoms with Crippen molar-refractivity contribution in [2.45, 2.75) is 38.1 Å². The van der Waals surface area contributed by atoms with Crippen molar-refractivity contribution in [3.63, 3.8) is 0 Å². The first-order valence-electron chi connectivity index (χ1n) is 10.3. The Bertz CT molecular complexity index is 706. The first-order valence-corrected chi connectivity index (χ1v) is 11.9. The molecule has 1 aromatic carbocycles. The Labute approximate surface area is 180 Å². The van der Waals surface area contributed by atoms with Crippen molar-refractivity contribution in [1.29, 1.82) is 0 Å². The quantitative estimate of drug-likeness (QED) is 0.598. The van der Waals surface area contributed by atoms with E-state index in [1.165, 1.54) is 32.1 Å².